The van der Waals surface area contributed by atoms with Crippen LogP contribution in [0.15, 0.2) is 24.3 Å². The number of rotatable bonds is 3. The van der Waals surface area contributed by atoms with E-state index >= 15 is 0 Å². The van der Waals surface area contributed by atoms with E-state index in [9.17, 15) is 5.11 Å². The number of aliphatic hydroxyl groups is 1. The van der Waals surface area contributed by atoms with E-state index in [4.69, 9.17) is 4.74 Å². The van der Waals surface area contributed by atoms with Gasteiger partial charge in [-0.1, -0.05) is 12.1 Å². The molecule has 0 aromatic heterocycles. The van der Waals surface area contributed by atoms with Gasteiger partial charge in [-0.3, -0.25) is 0 Å². The second kappa shape index (κ2) is 5.07. The van der Waals surface area contributed by atoms with Gasteiger partial charge in [-0.2, -0.15) is 0 Å². The highest BCUT2D eigenvalue weighted by molar-refractivity contribution is 5.33. The lowest BCUT2D eigenvalue weighted by atomic mass is 9.75. The van der Waals surface area contributed by atoms with Crippen molar-refractivity contribution in [3.05, 3.63) is 29.8 Å². The molecule has 3 heteroatoms. The number of likely N-dealkylation sites (tertiary alicyclic amines) is 1. The number of aliphatic hydroxyl groups excluding tert-OH is 1. The fraction of sp³-hybridized carbons (Fsp3) is 0.571. The molecule has 1 aromatic carbocycles. The number of hydrogen-bond acceptors (Lipinski definition) is 3. The van der Waals surface area contributed by atoms with Gasteiger partial charge < -0.3 is 14.7 Å². The molecule has 1 N–H and O–H groups in total. The fourth-order valence-electron chi connectivity index (χ4n) is 2.76. The molecule has 0 bridgehead atoms. The first-order valence-electron chi connectivity index (χ1n) is 6.14. The van der Waals surface area contributed by atoms with E-state index in [0.717, 1.165) is 31.7 Å². The van der Waals surface area contributed by atoms with Crippen LogP contribution in [0.5, 0.6) is 5.75 Å². The lowest BCUT2D eigenvalue weighted by Gasteiger charge is -2.40. The summed E-state index contributed by atoms with van der Waals surface area (Å²) in [5, 5.41) is 9.78. The Morgan fingerprint density at radius 2 is 2.06 bits per heavy atom. The Hall–Kier alpha value is -1.06. The largest absolute Gasteiger partial charge is 0.497 e. The Labute approximate surface area is 103 Å². The molecule has 1 aromatic rings. The van der Waals surface area contributed by atoms with Crippen molar-refractivity contribution in [1.82, 2.24) is 4.90 Å². The van der Waals surface area contributed by atoms with Crippen molar-refractivity contribution in [3.8, 4) is 5.75 Å². The van der Waals surface area contributed by atoms with Gasteiger partial charge in [-0.25, -0.2) is 0 Å². The maximum Gasteiger partial charge on any atom is 0.118 e. The van der Waals surface area contributed by atoms with Gasteiger partial charge in [0, 0.05) is 12.0 Å². The molecule has 0 aliphatic carbocycles. The summed E-state index contributed by atoms with van der Waals surface area (Å²) in [6.45, 7) is 2.26. The van der Waals surface area contributed by atoms with Crippen LogP contribution in [0.1, 0.15) is 18.4 Å². The zero-order valence-electron chi connectivity index (χ0n) is 10.6. The van der Waals surface area contributed by atoms with Crippen LogP contribution in [0.2, 0.25) is 0 Å². The van der Waals surface area contributed by atoms with Gasteiger partial charge in [0.25, 0.3) is 0 Å². The molecule has 1 atom stereocenters. The van der Waals surface area contributed by atoms with Crippen molar-refractivity contribution in [2.24, 2.45) is 0 Å². The molecule has 1 fully saturated rings. The zero-order valence-corrected chi connectivity index (χ0v) is 10.6. The van der Waals surface area contributed by atoms with Crippen molar-refractivity contribution in [3.63, 3.8) is 0 Å². The van der Waals surface area contributed by atoms with Crippen molar-refractivity contribution in [2.75, 3.05) is 33.9 Å². The van der Waals surface area contributed by atoms with Crippen molar-refractivity contribution in [1.29, 1.82) is 0 Å². The smallest absolute Gasteiger partial charge is 0.118 e. The minimum atomic E-state index is -0.0979. The average molecular weight is 235 g/mol. The highest BCUT2D eigenvalue weighted by Crippen LogP contribution is 2.34. The molecule has 0 amide bonds. The summed E-state index contributed by atoms with van der Waals surface area (Å²) in [4.78, 5) is 2.30. The van der Waals surface area contributed by atoms with E-state index in [2.05, 4.69) is 24.1 Å². The Morgan fingerprint density at radius 3 is 2.59 bits per heavy atom. The maximum absolute atomic E-state index is 9.78. The lowest BCUT2D eigenvalue weighted by Crippen LogP contribution is -2.46. The molecule has 1 saturated heterocycles. The number of benzene rings is 1. The van der Waals surface area contributed by atoms with Gasteiger partial charge in [-0.15, -0.1) is 0 Å². The second-order valence-electron chi connectivity index (χ2n) is 5.01. The summed E-state index contributed by atoms with van der Waals surface area (Å²) in [7, 11) is 3.79. The second-order valence-corrected chi connectivity index (χ2v) is 5.01. The molecular formula is C14H21NO2. The number of nitrogens with zero attached hydrogens (tertiary/aromatic N) is 1. The predicted octanol–water partition coefficient (Wildman–Crippen LogP) is 1.65. The van der Waals surface area contributed by atoms with Crippen LogP contribution in [0.4, 0.5) is 0 Å². The molecule has 0 spiro atoms. The van der Waals surface area contributed by atoms with E-state index in [1.54, 1.807) is 7.11 Å². The van der Waals surface area contributed by atoms with Gasteiger partial charge in [0.1, 0.15) is 5.75 Å². The SMILES string of the molecule is COc1ccc(C2(CO)CCCN(C)C2)cc1. The molecule has 17 heavy (non-hydrogen) atoms. The Balaban J connectivity index is 2.26. The molecule has 1 aliphatic heterocycles. The number of ether oxygens (including phenoxy) is 1. The molecule has 1 heterocycles. The van der Waals surface area contributed by atoms with Crippen LogP contribution in [-0.2, 0) is 5.41 Å². The normalized spacial score (nSPS) is 25.8. The summed E-state index contributed by atoms with van der Waals surface area (Å²) in [6, 6.07) is 8.10. The maximum atomic E-state index is 9.78. The van der Waals surface area contributed by atoms with Crippen molar-refractivity contribution in [2.45, 2.75) is 18.3 Å². The van der Waals surface area contributed by atoms with Crippen LogP contribution < -0.4 is 4.74 Å². The van der Waals surface area contributed by atoms with E-state index < -0.39 is 0 Å². The first kappa shape index (κ1) is 12.4. The van der Waals surface area contributed by atoms with Crippen molar-refractivity contribution >= 4 is 0 Å². The predicted molar refractivity (Wildman–Crippen MR) is 68.5 cm³/mol. The first-order chi connectivity index (χ1) is 8.20. The van der Waals surface area contributed by atoms with E-state index in [1.165, 1.54) is 5.56 Å². The van der Waals surface area contributed by atoms with E-state index in [1.807, 2.05) is 12.1 Å². The molecule has 94 valence electrons. The zero-order chi connectivity index (χ0) is 12.3. The number of hydrogen-bond donors (Lipinski definition) is 1. The summed E-state index contributed by atoms with van der Waals surface area (Å²) >= 11 is 0. The lowest BCUT2D eigenvalue weighted by molar-refractivity contribution is 0.105. The Kier molecular flexibility index (Phi) is 3.69. The van der Waals surface area contributed by atoms with Crippen LogP contribution in [0, 0.1) is 0 Å². The van der Waals surface area contributed by atoms with E-state index in [0.29, 0.717) is 0 Å². The third-order valence-corrected chi connectivity index (χ3v) is 3.77. The van der Waals surface area contributed by atoms with Gasteiger partial charge >= 0.3 is 0 Å². The third-order valence-electron chi connectivity index (χ3n) is 3.77. The molecule has 0 saturated carbocycles. The molecule has 1 aliphatic rings. The van der Waals surface area contributed by atoms with Gasteiger partial charge in [0.05, 0.1) is 13.7 Å². The minimum Gasteiger partial charge on any atom is -0.497 e. The number of likely N-dealkylation sites (N-methyl/N-ethyl adjacent to an activating group) is 1. The molecular weight excluding hydrogens is 214 g/mol. The van der Waals surface area contributed by atoms with Gasteiger partial charge in [-0.05, 0) is 44.1 Å². The number of piperidine rings is 1. The van der Waals surface area contributed by atoms with Crippen molar-refractivity contribution < 1.29 is 9.84 Å². The average Bonchev–Trinajstić information content (AvgIpc) is 2.38. The highest BCUT2D eigenvalue weighted by Gasteiger charge is 2.35. The highest BCUT2D eigenvalue weighted by atomic mass is 16.5. The summed E-state index contributed by atoms with van der Waals surface area (Å²) in [5.74, 6) is 0.867. The molecule has 1 unspecified atom stereocenters. The summed E-state index contributed by atoms with van der Waals surface area (Å²) < 4.78 is 5.17. The van der Waals surface area contributed by atoms with Gasteiger partial charge in [0.2, 0.25) is 0 Å². The quantitative estimate of drug-likeness (QED) is 0.864. The molecule has 3 nitrogen and oxygen atoms in total. The topological polar surface area (TPSA) is 32.7 Å². The monoisotopic (exact) mass is 235 g/mol. The van der Waals surface area contributed by atoms with Crippen LogP contribution in [0.25, 0.3) is 0 Å². The fourth-order valence-corrected chi connectivity index (χ4v) is 2.76. The summed E-state index contributed by atoms with van der Waals surface area (Å²) in [5.41, 5.74) is 1.12. The Bertz CT molecular complexity index is 363. The van der Waals surface area contributed by atoms with Crippen LogP contribution >= 0.6 is 0 Å². The van der Waals surface area contributed by atoms with Crippen LogP contribution in [-0.4, -0.2) is 43.9 Å². The summed E-state index contributed by atoms with van der Waals surface area (Å²) in [6.07, 6.45) is 2.20. The first-order valence-corrected chi connectivity index (χ1v) is 6.14. The van der Waals surface area contributed by atoms with Gasteiger partial charge in [0.15, 0.2) is 0 Å². The third kappa shape index (κ3) is 2.45. The number of methoxy groups -OCH3 is 1. The minimum absolute atomic E-state index is 0.0979. The van der Waals surface area contributed by atoms with Crippen LogP contribution in [0.3, 0.4) is 0 Å². The molecule has 0 radical (unpaired) electrons. The standard InChI is InChI=1S/C14H21NO2/c1-15-9-3-8-14(10-15,11-16)12-4-6-13(17-2)7-5-12/h4-7,16H,3,8-11H2,1-2H3. The molecule has 2 rings (SSSR count). The van der Waals surface area contributed by atoms with E-state index in [-0.39, 0.29) is 12.0 Å². The Morgan fingerprint density at radius 1 is 1.35 bits per heavy atom.